The predicted octanol–water partition coefficient (Wildman–Crippen LogP) is 6.75. The highest BCUT2D eigenvalue weighted by Crippen LogP contribution is 2.58. The topological polar surface area (TPSA) is 9.23 Å². The summed E-state index contributed by atoms with van der Waals surface area (Å²) in [5.74, 6) is 0. The Labute approximate surface area is 159 Å². The molecule has 27 heavy (non-hydrogen) atoms. The second-order valence-electron chi connectivity index (χ2n) is 8.32. The van der Waals surface area contributed by atoms with Crippen molar-refractivity contribution < 1.29 is 4.74 Å². The van der Waals surface area contributed by atoms with Crippen molar-refractivity contribution >= 4 is 21.5 Å². The Morgan fingerprint density at radius 1 is 0.556 bits per heavy atom. The molecule has 2 aliphatic rings. The highest BCUT2D eigenvalue weighted by Gasteiger charge is 2.44. The summed E-state index contributed by atoms with van der Waals surface area (Å²) in [6.45, 7) is 8.86. The number of fused-ring (bicyclic) bond motifs is 13. The molecule has 1 nitrogen and oxygen atoms in total. The van der Waals surface area contributed by atoms with E-state index in [1.165, 1.54) is 66.1 Å². The van der Waals surface area contributed by atoms with Crippen LogP contribution in [0.15, 0.2) is 48.5 Å². The van der Waals surface area contributed by atoms with E-state index < -0.39 is 0 Å². The molecular weight excluding hydrogens is 328 g/mol. The zero-order valence-corrected chi connectivity index (χ0v) is 16.2. The van der Waals surface area contributed by atoms with E-state index in [-0.39, 0.29) is 12.2 Å². The molecule has 6 rings (SSSR count). The fourth-order valence-corrected chi connectivity index (χ4v) is 5.10. The van der Waals surface area contributed by atoms with Gasteiger partial charge in [0.25, 0.3) is 0 Å². The molecule has 132 valence electrons. The molecule has 0 aromatic heterocycles. The molecule has 0 radical (unpaired) electrons. The fraction of sp³-hybridized carbons (Fsp3) is 0.231. The minimum absolute atomic E-state index is 0.0665. The Bertz CT molecular complexity index is 1200. The van der Waals surface area contributed by atoms with Gasteiger partial charge < -0.3 is 4.74 Å². The molecule has 1 heteroatoms. The maximum absolute atomic E-state index is 6.57. The summed E-state index contributed by atoms with van der Waals surface area (Å²) >= 11 is 0. The average molecular weight is 350 g/mol. The van der Waals surface area contributed by atoms with Crippen molar-refractivity contribution in [1.82, 2.24) is 0 Å². The van der Waals surface area contributed by atoms with E-state index in [0.717, 1.165) is 0 Å². The second kappa shape index (κ2) is 4.99. The number of ether oxygens (including phenoxy) is 1. The van der Waals surface area contributed by atoms with E-state index in [2.05, 4.69) is 76.2 Å². The minimum Gasteiger partial charge on any atom is -0.356 e. The van der Waals surface area contributed by atoms with E-state index in [9.17, 15) is 0 Å². The van der Waals surface area contributed by atoms with Crippen LogP contribution < -0.4 is 0 Å². The number of hydrogen-bond donors (Lipinski definition) is 0. The quantitative estimate of drug-likeness (QED) is 0.319. The Kier molecular flexibility index (Phi) is 2.85. The summed E-state index contributed by atoms with van der Waals surface area (Å²) in [5, 5.41) is 5.46. The number of hydrogen-bond acceptors (Lipinski definition) is 1. The average Bonchev–Trinajstić information content (AvgIpc) is 3.22. The van der Waals surface area contributed by atoms with Crippen LogP contribution in [0.1, 0.15) is 56.7 Å². The first-order valence-corrected chi connectivity index (χ1v) is 9.76. The summed E-state index contributed by atoms with van der Waals surface area (Å²) in [6, 6.07) is 18.2. The molecule has 0 amide bonds. The summed E-state index contributed by atoms with van der Waals surface area (Å²) in [6.07, 6.45) is 0.133. The van der Waals surface area contributed by atoms with Crippen molar-refractivity contribution in [2.75, 3.05) is 0 Å². The molecule has 0 saturated heterocycles. The summed E-state index contributed by atoms with van der Waals surface area (Å²) in [5.41, 5.74) is 10.9. The monoisotopic (exact) mass is 350 g/mol. The van der Waals surface area contributed by atoms with Crippen LogP contribution in [0.5, 0.6) is 0 Å². The van der Waals surface area contributed by atoms with Gasteiger partial charge in [0.15, 0.2) is 0 Å². The Hall–Kier alpha value is -2.64. The van der Waals surface area contributed by atoms with Crippen LogP contribution in [-0.4, -0.2) is 0 Å². The Balaban J connectivity index is 1.85. The van der Waals surface area contributed by atoms with Gasteiger partial charge in [-0.1, -0.05) is 48.5 Å². The van der Waals surface area contributed by atoms with E-state index in [4.69, 9.17) is 4.74 Å². The van der Waals surface area contributed by atoms with Crippen LogP contribution in [0.3, 0.4) is 0 Å². The van der Waals surface area contributed by atoms with Gasteiger partial charge in [-0.3, -0.25) is 0 Å². The fourth-order valence-electron chi connectivity index (χ4n) is 5.10. The zero-order chi connectivity index (χ0) is 18.4. The van der Waals surface area contributed by atoms with Gasteiger partial charge in [0.1, 0.15) is 12.2 Å². The molecule has 0 aliphatic carbocycles. The van der Waals surface area contributed by atoms with Crippen molar-refractivity contribution in [1.29, 1.82) is 0 Å². The van der Waals surface area contributed by atoms with Gasteiger partial charge in [0, 0.05) is 0 Å². The molecule has 4 aromatic rings. The number of aryl methyl sites for hydroxylation is 4. The molecule has 2 atom stereocenters. The lowest BCUT2D eigenvalue weighted by Gasteiger charge is -2.22. The summed E-state index contributed by atoms with van der Waals surface area (Å²) < 4.78 is 6.57. The van der Waals surface area contributed by atoms with Crippen molar-refractivity contribution in [3.63, 3.8) is 0 Å². The van der Waals surface area contributed by atoms with Crippen LogP contribution in [-0.2, 0) is 4.74 Å². The van der Waals surface area contributed by atoms with Crippen LogP contribution >= 0.6 is 0 Å². The van der Waals surface area contributed by atoms with Crippen molar-refractivity contribution in [3.05, 3.63) is 93.0 Å². The molecule has 4 aromatic carbocycles. The van der Waals surface area contributed by atoms with Crippen molar-refractivity contribution in [2.45, 2.75) is 39.9 Å². The largest absolute Gasteiger partial charge is 0.356 e. The molecule has 2 bridgehead atoms. The molecule has 0 saturated carbocycles. The number of benzene rings is 4. The molecule has 0 spiro atoms. The summed E-state index contributed by atoms with van der Waals surface area (Å²) in [4.78, 5) is 0. The van der Waals surface area contributed by atoms with Gasteiger partial charge in [-0.2, -0.15) is 0 Å². The lowest BCUT2D eigenvalue weighted by atomic mass is 9.79. The summed E-state index contributed by atoms with van der Waals surface area (Å²) in [7, 11) is 0. The molecule has 0 N–H and O–H groups in total. The van der Waals surface area contributed by atoms with Crippen LogP contribution in [0.2, 0.25) is 0 Å². The third kappa shape index (κ3) is 1.83. The maximum Gasteiger partial charge on any atom is 0.110 e. The van der Waals surface area contributed by atoms with Gasteiger partial charge >= 0.3 is 0 Å². The maximum atomic E-state index is 6.57. The van der Waals surface area contributed by atoms with E-state index in [1.807, 2.05) is 0 Å². The lowest BCUT2D eigenvalue weighted by Crippen LogP contribution is -2.05. The predicted molar refractivity (Wildman–Crippen MR) is 112 cm³/mol. The van der Waals surface area contributed by atoms with Crippen molar-refractivity contribution in [3.8, 4) is 0 Å². The lowest BCUT2D eigenvalue weighted by molar-refractivity contribution is 0.0866. The van der Waals surface area contributed by atoms with Gasteiger partial charge in [-0.05, 0) is 93.7 Å². The van der Waals surface area contributed by atoms with E-state index >= 15 is 0 Å². The van der Waals surface area contributed by atoms with Gasteiger partial charge in [0.05, 0.1) is 0 Å². The molecule has 0 unspecified atom stereocenters. The van der Waals surface area contributed by atoms with Crippen LogP contribution in [0.25, 0.3) is 21.5 Å². The smallest absolute Gasteiger partial charge is 0.110 e. The zero-order valence-electron chi connectivity index (χ0n) is 16.2. The number of rotatable bonds is 0. The minimum atomic E-state index is 0.0665. The van der Waals surface area contributed by atoms with Gasteiger partial charge in [-0.25, -0.2) is 0 Å². The Morgan fingerprint density at radius 2 is 0.926 bits per heavy atom. The first kappa shape index (κ1) is 15.4. The Morgan fingerprint density at radius 3 is 1.33 bits per heavy atom. The normalized spacial score (nSPS) is 19.7. The SMILES string of the molecule is Cc1cc2c3c(c4cc(C)c(C)cc4c2cc1C)[C@H]1O[C@@H]3c2ccccc21. The first-order valence-electron chi connectivity index (χ1n) is 9.76. The van der Waals surface area contributed by atoms with Gasteiger partial charge in [0.2, 0.25) is 0 Å². The third-order valence-electron chi connectivity index (χ3n) is 6.79. The molecule has 2 aliphatic heterocycles. The third-order valence-corrected chi connectivity index (χ3v) is 6.79. The van der Waals surface area contributed by atoms with Crippen molar-refractivity contribution in [2.24, 2.45) is 0 Å². The highest BCUT2D eigenvalue weighted by molar-refractivity contribution is 6.12. The van der Waals surface area contributed by atoms with E-state index in [1.54, 1.807) is 0 Å². The standard InChI is InChI=1S/C26H22O/c1-13-9-19-20-10-14(2)16(4)12-22(20)24-23(21(19)11-15(13)3)25-17-7-5-6-8-18(17)26(24)27-25/h5-12,25-26H,1-4H3/t25-,26+. The molecular formula is C26H22O. The highest BCUT2D eigenvalue weighted by atomic mass is 16.5. The molecule has 0 fully saturated rings. The van der Waals surface area contributed by atoms with Gasteiger partial charge in [-0.15, -0.1) is 0 Å². The van der Waals surface area contributed by atoms with E-state index in [0.29, 0.717) is 0 Å². The molecule has 2 heterocycles. The van der Waals surface area contributed by atoms with Crippen LogP contribution in [0, 0.1) is 27.7 Å². The van der Waals surface area contributed by atoms with Crippen LogP contribution in [0.4, 0.5) is 0 Å². The second-order valence-corrected chi connectivity index (χ2v) is 8.32. The first-order chi connectivity index (χ1) is 13.0.